The minimum Gasteiger partial charge on any atom is -0.366 e. The number of pyridine rings is 1. The highest BCUT2D eigenvalue weighted by molar-refractivity contribution is 7.16. The molecule has 2 amide bonds. The van der Waals surface area contributed by atoms with E-state index in [0.717, 1.165) is 10.4 Å². The van der Waals surface area contributed by atoms with Gasteiger partial charge >= 0.3 is 0 Å². The molecule has 0 unspecified atom stereocenters. The Morgan fingerprint density at radius 2 is 2.00 bits per heavy atom. The molecule has 6 nitrogen and oxygen atoms in total. The second-order valence-electron chi connectivity index (χ2n) is 5.40. The summed E-state index contributed by atoms with van der Waals surface area (Å²) in [6, 6.07) is 5.50. The topological polar surface area (TPSA) is 89.5 Å². The number of hydrogen-bond acceptors (Lipinski definition) is 4. The number of anilines is 1. The summed E-state index contributed by atoms with van der Waals surface area (Å²) in [5, 5.41) is 3.24. The van der Waals surface area contributed by atoms with Gasteiger partial charge in [0.2, 0.25) is 0 Å². The van der Waals surface area contributed by atoms with Crippen molar-refractivity contribution in [3.8, 4) is 0 Å². The van der Waals surface area contributed by atoms with Crippen LogP contribution in [0.2, 0.25) is 0 Å². The van der Waals surface area contributed by atoms with Gasteiger partial charge in [-0.3, -0.25) is 14.0 Å². The van der Waals surface area contributed by atoms with Crippen LogP contribution in [0.25, 0.3) is 5.65 Å². The Labute approximate surface area is 137 Å². The monoisotopic (exact) mass is 328 g/mol. The Balaban J connectivity index is 2.02. The van der Waals surface area contributed by atoms with Crippen molar-refractivity contribution >= 4 is 33.8 Å². The first-order valence-electron chi connectivity index (χ1n) is 7.03. The molecule has 3 aromatic rings. The van der Waals surface area contributed by atoms with E-state index in [2.05, 4.69) is 10.3 Å². The van der Waals surface area contributed by atoms with Gasteiger partial charge in [0.15, 0.2) is 0 Å². The summed E-state index contributed by atoms with van der Waals surface area (Å²) < 4.78 is 1.74. The van der Waals surface area contributed by atoms with Crippen LogP contribution in [0, 0.1) is 20.8 Å². The van der Waals surface area contributed by atoms with Gasteiger partial charge in [-0.2, -0.15) is 0 Å². The molecule has 0 fully saturated rings. The highest BCUT2D eigenvalue weighted by atomic mass is 32.1. The lowest BCUT2D eigenvalue weighted by molar-refractivity contribution is 0.100. The van der Waals surface area contributed by atoms with Crippen LogP contribution < -0.4 is 11.1 Å². The van der Waals surface area contributed by atoms with Gasteiger partial charge in [-0.15, -0.1) is 11.3 Å². The maximum Gasteiger partial charge on any atom is 0.275 e. The molecule has 3 aromatic heterocycles. The molecular formula is C16H16N4O2S. The Hall–Kier alpha value is -2.67. The van der Waals surface area contributed by atoms with Crippen molar-refractivity contribution in [3.63, 3.8) is 0 Å². The number of fused-ring (bicyclic) bond motifs is 1. The second-order valence-corrected chi connectivity index (χ2v) is 6.65. The molecule has 23 heavy (non-hydrogen) atoms. The fourth-order valence-corrected chi connectivity index (χ4v) is 3.40. The first-order chi connectivity index (χ1) is 10.9. The van der Waals surface area contributed by atoms with Crippen LogP contribution in [0.1, 0.15) is 37.0 Å². The fraction of sp³-hybridized carbons (Fsp3) is 0.188. The summed E-state index contributed by atoms with van der Waals surface area (Å²) in [5.41, 5.74) is 8.54. The van der Waals surface area contributed by atoms with E-state index in [-0.39, 0.29) is 5.91 Å². The van der Waals surface area contributed by atoms with Gasteiger partial charge in [-0.05, 0) is 44.5 Å². The minimum atomic E-state index is -0.560. The first-order valence-corrected chi connectivity index (χ1v) is 7.85. The van der Waals surface area contributed by atoms with Gasteiger partial charge < -0.3 is 11.1 Å². The van der Waals surface area contributed by atoms with Gasteiger partial charge in [0.25, 0.3) is 11.8 Å². The molecule has 0 saturated carbocycles. The largest absolute Gasteiger partial charge is 0.366 e. The number of aryl methyl sites for hydroxylation is 3. The maximum absolute atomic E-state index is 12.7. The van der Waals surface area contributed by atoms with Crippen molar-refractivity contribution in [1.29, 1.82) is 0 Å². The average Bonchev–Trinajstić information content (AvgIpc) is 2.97. The molecule has 0 saturated heterocycles. The standard InChI is InChI=1S/C16H16N4O2S/c1-8-4-5-20-12(6-8)18-10(3)13(20)15(22)19-16-11(14(17)21)7-9(2)23-16/h4-7H,1-3H3,(H2,17,21)(H,19,22). The van der Waals surface area contributed by atoms with Crippen LogP contribution in [-0.2, 0) is 0 Å². The summed E-state index contributed by atoms with van der Waals surface area (Å²) >= 11 is 1.32. The maximum atomic E-state index is 12.7. The van der Waals surface area contributed by atoms with E-state index in [0.29, 0.717) is 27.6 Å². The lowest BCUT2D eigenvalue weighted by atomic mass is 10.2. The first kappa shape index (κ1) is 15.2. The van der Waals surface area contributed by atoms with E-state index in [1.54, 1.807) is 17.4 Å². The SMILES string of the molecule is Cc1ccn2c(C(=O)Nc3sc(C)cc3C(N)=O)c(C)nc2c1. The van der Waals surface area contributed by atoms with E-state index in [1.807, 2.05) is 32.2 Å². The third-order valence-corrected chi connectivity index (χ3v) is 4.48. The zero-order valence-corrected chi connectivity index (χ0v) is 13.8. The number of hydrogen-bond donors (Lipinski definition) is 2. The number of thiophene rings is 1. The summed E-state index contributed by atoms with van der Waals surface area (Å²) in [5.74, 6) is -0.877. The van der Waals surface area contributed by atoms with E-state index < -0.39 is 5.91 Å². The zero-order chi connectivity index (χ0) is 16.7. The zero-order valence-electron chi connectivity index (χ0n) is 13.0. The normalized spacial score (nSPS) is 10.9. The van der Waals surface area contributed by atoms with Crippen LogP contribution >= 0.6 is 11.3 Å². The van der Waals surface area contributed by atoms with E-state index >= 15 is 0 Å². The molecule has 3 N–H and O–H groups in total. The third kappa shape index (κ3) is 2.70. The Bertz CT molecular complexity index is 939. The Morgan fingerprint density at radius 3 is 2.70 bits per heavy atom. The Morgan fingerprint density at radius 1 is 1.26 bits per heavy atom. The summed E-state index contributed by atoms with van der Waals surface area (Å²) in [7, 11) is 0. The summed E-state index contributed by atoms with van der Waals surface area (Å²) in [6.07, 6.45) is 1.81. The molecule has 0 radical (unpaired) electrons. The average molecular weight is 328 g/mol. The van der Waals surface area contributed by atoms with Crippen LogP contribution in [0.15, 0.2) is 24.4 Å². The number of carbonyl (C=O) groups is 2. The molecule has 0 aliphatic rings. The molecular weight excluding hydrogens is 312 g/mol. The molecule has 0 aliphatic carbocycles. The fourth-order valence-electron chi connectivity index (χ4n) is 2.49. The number of carbonyl (C=O) groups excluding carboxylic acids is 2. The third-order valence-electron chi connectivity index (χ3n) is 3.52. The molecule has 0 bridgehead atoms. The smallest absolute Gasteiger partial charge is 0.275 e. The number of aromatic nitrogens is 2. The lowest BCUT2D eigenvalue weighted by Crippen LogP contribution is -2.18. The predicted molar refractivity (Wildman–Crippen MR) is 90.2 cm³/mol. The van der Waals surface area contributed by atoms with Crippen molar-refractivity contribution < 1.29 is 9.59 Å². The number of nitrogens with zero attached hydrogens (tertiary/aromatic N) is 2. The number of amides is 2. The van der Waals surface area contributed by atoms with Gasteiger partial charge in [0.05, 0.1) is 11.3 Å². The molecule has 7 heteroatoms. The molecule has 3 rings (SSSR count). The van der Waals surface area contributed by atoms with Crippen LogP contribution in [0.3, 0.4) is 0 Å². The van der Waals surface area contributed by atoms with Gasteiger partial charge in [-0.1, -0.05) is 0 Å². The predicted octanol–water partition coefficient (Wildman–Crippen LogP) is 2.67. The number of primary amides is 1. The number of rotatable bonds is 3. The van der Waals surface area contributed by atoms with E-state index in [1.165, 1.54) is 11.3 Å². The Kier molecular flexibility index (Phi) is 3.65. The summed E-state index contributed by atoms with van der Waals surface area (Å²) in [4.78, 5) is 29.5. The highest BCUT2D eigenvalue weighted by Crippen LogP contribution is 2.28. The van der Waals surface area contributed by atoms with E-state index in [9.17, 15) is 9.59 Å². The number of imidazole rings is 1. The number of nitrogens with one attached hydrogen (secondary N) is 1. The molecule has 118 valence electrons. The molecule has 0 spiro atoms. The van der Waals surface area contributed by atoms with E-state index in [4.69, 9.17) is 5.73 Å². The van der Waals surface area contributed by atoms with Crippen LogP contribution in [0.5, 0.6) is 0 Å². The van der Waals surface area contributed by atoms with Crippen molar-refractivity contribution in [1.82, 2.24) is 9.38 Å². The van der Waals surface area contributed by atoms with Crippen molar-refractivity contribution in [2.75, 3.05) is 5.32 Å². The van der Waals surface area contributed by atoms with Crippen LogP contribution in [-0.4, -0.2) is 21.2 Å². The number of nitrogens with two attached hydrogens (primary N) is 1. The molecule has 0 aromatic carbocycles. The quantitative estimate of drug-likeness (QED) is 0.774. The van der Waals surface area contributed by atoms with Gasteiger partial charge in [0, 0.05) is 11.1 Å². The van der Waals surface area contributed by atoms with Crippen molar-refractivity contribution in [3.05, 3.63) is 51.8 Å². The lowest BCUT2D eigenvalue weighted by Gasteiger charge is -2.06. The molecule has 3 heterocycles. The van der Waals surface area contributed by atoms with Crippen LogP contribution in [0.4, 0.5) is 5.00 Å². The summed E-state index contributed by atoms with van der Waals surface area (Å²) in [6.45, 7) is 5.61. The second kappa shape index (κ2) is 5.51. The van der Waals surface area contributed by atoms with Gasteiger partial charge in [0.1, 0.15) is 16.3 Å². The minimum absolute atomic E-state index is 0.316. The van der Waals surface area contributed by atoms with Gasteiger partial charge in [-0.25, -0.2) is 4.98 Å². The highest BCUT2D eigenvalue weighted by Gasteiger charge is 2.20. The molecule has 0 atom stereocenters. The molecule has 0 aliphatic heterocycles. The van der Waals surface area contributed by atoms with Crippen molar-refractivity contribution in [2.24, 2.45) is 5.73 Å². The van der Waals surface area contributed by atoms with Crippen molar-refractivity contribution in [2.45, 2.75) is 20.8 Å².